The van der Waals surface area contributed by atoms with Gasteiger partial charge < -0.3 is 5.11 Å². The zero-order chi connectivity index (χ0) is 22.1. The van der Waals surface area contributed by atoms with Gasteiger partial charge in [-0.15, -0.1) is 23.5 Å². The highest BCUT2D eigenvalue weighted by Crippen LogP contribution is 2.74. The number of thioether (sulfide) groups is 2. The lowest BCUT2D eigenvalue weighted by Crippen LogP contribution is -2.67. The van der Waals surface area contributed by atoms with Crippen molar-refractivity contribution in [2.24, 2.45) is 22.7 Å². The van der Waals surface area contributed by atoms with E-state index in [1.165, 1.54) is 6.08 Å². The average Bonchev–Trinajstić information content (AvgIpc) is 2.88. The predicted molar refractivity (Wildman–Crippen MR) is 127 cm³/mol. The molecule has 6 atom stereocenters. The van der Waals surface area contributed by atoms with E-state index in [2.05, 4.69) is 34.6 Å². The van der Waals surface area contributed by atoms with Crippen LogP contribution in [-0.2, 0) is 4.79 Å². The summed E-state index contributed by atoms with van der Waals surface area (Å²) in [7, 11) is 0. The van der Waals surface area contributed by atoms with Gasteiger partial charge in [-0.25, -0.2) is 4.39 Å². The number of aliphatic hydroxyl groups excluding tert-OH is 1. The summed E-state index contributed by atoms with van der Waals surface area (Å²) in [5.74, 6) is 0.0302. The monoisotopic (exact) mass is 452 g/mol. The molecule has 30 heavy (non-hydrogen) atoms. The summed E-state index contributed by atoms with van der Waals surface area (Å²) in [6, 6.07) is 0. The zero-order valence-corrected chi connectivity index (χ0v) is 20.8. The fourth-order valence-corrected chi connectivity index (χ4v) is 11.7. The molecular weight excluding hydrogens is 415 g/mol. The van der Waals surface area contributed by atoms with Crippen molar-refractivity contribution in [3.63, 3.8) is 0 Å². The lowest BCUT2D eigenvalue weighted by atomic mass is 9.46. The number of rotatable bonds is 4. The van der Waals surface area contributed by atoms with Crippen molar-refractivity contribution in [3.05, 3.63) is 23.8 Å². The number of hydrogen-bond donors (Lipinski definition) is 1. The van der Waals surface area contributed by atoms with E-state index in [0.717, 1.165) is 31.3 Å². The second kappa shape index (κ2) is 7.38. The molecule has 0 radical (unpaired) electrons. The number of hydrogen-bond acceptors (Lipinski definition) is 4. The van der Waals surface area contributed by atoms with E-state index in [-0.39, 0.29) is 27.1 Å². The van der Waals surface area contributed by atoms with E-state index in [1.807, 2.05) is 30.4 Å². The zero-order valence-electron chi connectivity index (χ0n) is 19.2. The van der Waals surface area contributed by atoms with Gasteiger partial charge in [0, 0.05) is 21.8 Å². The number of carbonyl (C=O) groups is 1. The van der Waals surface area contributed by atoms with Crippen LogP contribution in [0.15, 0.2) is 23.8 Å². The summed E-state index contributed by atoms with van der Waals surface area (Å²) in [6.45, 7) is 13.3. The number of allylic oxidation sites excluding steroid dienone is 4. The van der Waals surface area contributed by atoms with Gasteiger partial charge in [0.2, 0.25) is 0 Å². The van der Waals surface area contributed by atoms with Gasteiger partial charge in [0.25, 0.3) is 0 Å². The summed E-state index contributed by atoms with van der Waals surface area (Å²) in [6.07, 6.45) is 7.95. The first-order valence-electron chi connectivity index (χ1n) is 11.6. The number of aliphatic hydroxyl groups is 1. The summed E-state index contributed by atoms with van der Waals surface area (Å²) >= 11 is 4.09. The first kappa shape index (κ1) is 22.9. The molecule has 168 valence electrons. The Labute approximate surface area is 189 Å². The van der Waals surface area contributed by atoms with Crippen molar-refractivity contribution in [3.8, 4) is 0 Å². The van der Waals surface area contributed by atoms with Gasteiger partial charge >= 0.3 is 0 Å². The third-order valence-electron chi connectivity index (χ3n) is 8.54. The van der Waals surface area contributed by atoms with Crippen molar-refractivity contribution in [1.29, 1.82) is 0 Å². The van der Waals surface area contributed by atoms with Gasteiger partial charge in [-0.1, -0.05) is 46.3 Å². The molecule has 4 aliphatic rings. The summed E-state index contributed by atoms with van der Waals surface area (Å²) < 4.78 is 17.2. The molecule has 2 nitrogen and oxygen atoms in total. The van der Waals surface area contributed by atoms with E-state index in [0.29, 0.717) is 16.9 Å². The van der Waals surface area contributed by atoms with Gasteiger partial charge in [0.1, 0.15) is 0 Å². The lowest BCUT2D eigenvalue weighted by Gasteiger charge is -2.63. The molecule has 1 N–H and O–H groups in total. The Bertz CT molecular complexity index is 780. The largest absolute Gasteiger partial charge is 0.390 e. The van der Waals surface area contributed by atoms with Crippen LogP contribution in [0, 0.1) is 22.7 Å². The SMILES string of the molecule is CC(C)SC1(SC(C)C)CC[C@H]2[C@@H]3CCC4=CC(=O)C=C[C@]4(C)[C@@]3(F)[C@@H](O)C[C@@]21C. The van der Waals surface area contributed by atoms with E-state index in [4.69, 9.17) is 0 Å². The standard InChI is InChI=1S/C25H37FO2S2/c1-15(2)29-24(30-16(3)4)12-10-19-20-8-7-17-13-18(27)9-11-22(17,5)25(20,26)21(28)14-23(19,24)6/h9,11,13,15-16,19-21,28H,7-8,10,12,14H2,1-6H3/t19-,20-,21-,22-,23-,25-/m0/s1. The molecule has 3 saturated carbocycles. The van der Waals surface area contributed by atoms with Crippen molar-refractivity contribution in [1.82, 2.24) is 0 Å². The third kappa shape index (κ3) is 2.97. The average molecular weight is 453 g/mol. The Morgan fingerprint density at radius 2 is 1.73 bits per heavy atom. The Balaban J connectivity index is 1.78. The second-order valence-corrected chi connectivity index (χ2v) is 14.9. The summed E-state index contributed by atoms with van der Waals surface area (Å²) in [4.78, 5) is 12.0. The van der Waals surface area contributed by atoms with Crippen LogP contribution in [0.5, 0.6) is 0 Å². The Morgan fingerprint density at radius 1 is 1.10 bits per heavy atom. The van der Waals surface area contributed by atoms with E-state index in [9.17, 15) is 9.90 Å². The maximum Gasteiger partial charge on any atom is 0.178 e. The molecule has 3 fully saturated rings. The van der Waals surface area contributed by atoms with Crippen LogP contribution in [0.1, 0.15) is 73.6 Å². The summed E-state index contributed by atoms with van der Waals surface area (Å²) in [5, 5.41) is 12.5. The molecule has 0 spiro atoms. The Morgan fingerprint density at radius 3 is 2.33 bits per heavy atom. The van der Waals surface area contributed by atoms with Gasteiger partial charge in [-0.05, 0) is 62.5 Å². The van der Waals surface area contributed by atoms with Crippen molar-refractivity contribution >= 4 is 29.3 Å². The van der Waals surface area contributed by atoms with E-state index >= 15 is 4.39 Å². The van der Waals surface area contributed by atoms with Crippen molar-refractivity contribution in [2.75, 3.05) is 0 Å². The molecule has 0 aromatic heterocycles. The van der Waals surface area contributed by atoms with Crippen molar-refractivity contribution < 1.29 is 14.3 Å². The minimum atomic E-state index is -1.71. The van der Waals surface area contributed by atoms with Gasteiger partial charge in [-0.3, -0.25) is 4.79 Å². The van der Waals surface area contributed by atoms with Crippen molar-refractivity contribution in [2.45, 2.75) is 100.0 Å². The quantitative estimate of drug-likeness (QED) is 0.505. The normalized spacial score (nSPS) is 44.7. The fourth-order valence-electron chi connectivity index (χ4n) is 7.34. The molecule has 0 heterocycles. The minimum Gasteiger partial charge on any atom is -0.390 e. The molecule has 4 rings (SSSR count). The molecular formula is C25H37FO2S2. The highest BCUT2D eigenvalue weighted by Gasteiger charge is 2.73. The molecule has 0 aromatic rings. The van der Waals surface area contributed by atoms with Crippen LogP contribution in [0.25, 0.3) is 0 Å². The van der Waals surface area contributed by atoms with Gasteiger partial charge in [0.05, 0.1) is 10.2 Å². The number of ketones is 1. The van der Waals surface area contributed by atoms with Gasteiger partial charge in [-0.2, -0.15) is 0 Å². The van der Waals surface area contributed by atoms with E-state index < -0.39 is 17.2 Å². The first-order chi connectivity index (χ1) is 13.9. The minimum absolute atomic E-state index is 0.0116. The smallest absolute Gasteiger partial charge is 0.178 e. The third-order valence-corrected chi connectivity index (χ3v) is 12.2. The summed E-state index contributed by atoms with van der Waals surface area (Å²) in [5.41, 5.74) is -1.83. The van der Waals surface area contributed by atoms with Crippen LogP contribution in [-0.4, -0.2) is 37.2 Å². The second-order valence-electron chi connectivity index (χ2n) is 10.9. The Hall–Kier alpha value is -0.260. The first-order valence-corrected chi connectivity index (χ1v) is 13.3. The van der Waals surface area contributed by atoms with Crippen LogP contribution >= 0.6 is 23.5 Å². The number of fused-ring (bicyclic) bond motifs is 5. The van der Waals surface area contributed by atoms with E-state index in [1.54, 1.807) is 12.2 Å². The highest BCUT2D eigenvalue weighted by atomic mass is 32.2. The number of halogens is 1. The maximum atomic E-state index is 17.2. The fraction of sp³-hybridized carbons (Fsp3) is 0.800. The van der Waals surface area contributed by atoms with Gasteiger partial charge in [0.15, 0.2) is 11.5 Å². The Kier molecular flexibility index (Phi) is 5.64. The predicted octanol–water partition coefficient (Wildman–Crippen LogP) is 6.34. The molecule has 4 aliphatic carbocycles. The lowest BCUT2D eigenvalue weighted by molar-refractivity contribution is -0.189. The molecule has 0 unspecified atom stereocenters. The molecule has 0 aromatic carbocycles. The highest BCUT2D eigenvalue weighted by molar-refractivity contribution is 8.18. The van der Waals surface area contributed by atoms with Crippen LogP contribution in [0.4, 0.5) is 4.39 Å². The number of carbonyl (C=O) groups excluding carboxylic acids is 1. The van der Waals surface area contributed by atoms with Crippen LogP contribution in [0.3, 0.4) is 0 Å². The molecule has 5 heteroatoms. The molecule has 0 saturated heterocycles. The molecule has 0 bridgehead atoms. The topological polar surface area (TPSA) is 37.3 Å². The molecule has 0 amide bonds. The van der Waals surface area contributed by atoms with Crippen LogP contribution < -0.4 is 0 Å². The number of alkyl halides is 1. The molecule has 0 aliphatic heterocycles. The van der Waals surface area contributed by atoms with Crippen LogP contribution in [0.2, 0.25) is 0 Å². The maximum absolute atomic E-state index is 17.2.